The van der Waals surface area contributed by atoms with Crippen LogP contribution in [0.15, 0.2) is 36.4 Å². The first-order valence-corrected chi connectivity index (χ1v) is 9.84. The number of hydrogen-bond donors (Lipinski definition) is 1. The van der Waals surface area contributed by atoms with Gasteiger partial charge in [0.05, 0.1) is 19.2 Å². The minimum atomic E-state index is -0.427. The average Bonchev–Trinajstić information content (AvgIpc) is 3.03. The summed E-state index contributed by atoms with van der Waals surface area (Å²) in [5.41, 5.74) is 1.73. The van der Waals surface area contributed by atoms with E-state index in [0.717, 1.165) is 37.6 Å². The lowest BCUT2D eigenvalue weighted by atomic mass is 10.2. The maximum atomic E-state index is 12.4. The summed E-state index contributed by atoms with van der Waals surface area (Å²) < 4.78 is 4.78. The van der Waals surface area contributed by atoms with E-state index in [1.165, 1.54) is 24.0 Å². The largest absolute Gasteiger partial charge is 0.465 e. The average molecular weight is 388 g/mol. The fraction of sp³-hybridized carbons (Fsp3) is 0.400. The summed E-state index contributed by atoms with van der Waals surface area (Å²) in [6.45, 7) is 6.76. The standard InChI is InChI=1S/C20H25N3O3S/c1-15-12-17(20(25)26-2)19(27-15)21-18(24)14-23-10-8-22(9-11-23)13-16-6-4-3-5-7-16/h3-7,12H,8-11,13-14H2,1-2H3,(H,21,24). The van der Waals surface area contributed by atoms with Gasteiger partial charge in [0.2, 0.25) is 5.91 Å². The van der Waals surface area contributed by atoms with E-state index in [-0.39, 0.29) is 5.91 Å². The van der Waals surface area contributed by atoms with Crippen LogP contribution in [0.25, 0.3) is 0 Å². The molecule has 0 saturated carbocycles. The molecule has 1 amide bonds. The Kier molecular flexibility index (Phi) is 6.60. The smallest absolute Gasteiger partial charge is 0.340 e. The van der Waals surface area contributed by atoms with E-state index in [1.54, 1.807) is 6.07 Å². The number of anilines is 1. The quantitative estimate of drug-likeness (QED) is 0.772. The molecule has 1 aliphatic rings. The van der Waals surface area contributed by atoms with E-state index in [4.69, 9.17) is 4.74 Å². The molecule has 2 heterocycles. The molecule has 0 bridgehead atoms. The molecule has 0 spiro atoms. The molecule has 27 heavy (non-hydrogen) atoms. The lowest BCUT2D eigenvalue weighted by Crippen LogP contribution is -2.48. The number of amides is 1. The maximum Gasteiger partial charge on any atom is 0.340 e. The highest BCUT2D eigenvalue weighted by molar-refractivity contribution is 7.16. The number of nitrogens with one attached hydrogen (secondary N) is 1. The Morgan fingerprint density at radius 3 is 2.44 bits per heavy atom. The highest BCUT2D eigenvalue weighted by Gasteiger charge is 2.21. The van der Waals surface area contributed by atoms with Gasteiger partial charge in [-0.3, -0.25) is 14.6 Å². The molecule has 0 aliphatic carbocycles. The summed E-state index contributed by atoms with van der Waals surface area (Å²) in [7, 11) is 1.34. The minimum Gasteiger partial charge on any atom is -0.465 e. The van der Waals surface area contributed by atoms with Crippen LogP contribution >= 0.6 is 11.3 Å². The molecular formula is C20H25N3O3S. The highest BCUT2D eigenvalue weighted by atomic mass is 32.1. The predicted octanol–water partition coefficient (Wildman–Crippen LogP) is 2.60. The molecule has 0 unspecified atom stereocenters. The molecule has 7 heteroatoms. The van der Waals surface area contributed by atoms with Crippen molar-refractivity contribution in [3.8, 4) is 0 Å². The van der Waals surface area contributed by atoms with Crippen molar-refractivity contribution in [3.63, 3.8) is 0 Å². The van der Waals surface area contributed by atoms with Crippen molar-refractivity contribution in [2.24, 2.45) is 0 Å². The zero-order valence-corrected chi connectivity index (χ0v) is 16.6. The van der Waals surface area contributed by atoms with Gasteiger partial charge in [-0.1, -0.05) is 30.3 Å². The van der Waals surface area contributed by atoms with Gasteiger partial charge in [-0.2, -0.15) is 0 Å². The minimum absolute atomic E-state index is 0.0986. The Morgan fingerprint density at radius 1 is 1.11 bits per heavy atom. The number of carbonyl (C=O) groups is 2. The van der Waals surface area contributed by atoms with Crippen LogP contribution in [0.5, 0.6) is 0 Å². The van der Waals surface area contributed by atoms with Crippen molar-refractivity contribution in [2.75, 3.05) is 45.2 Å². The first-order chi connectivity index (χ1) is 13.0. The molecule has 6 nitrogen and oxygen atoms in total. The number of hydrogen-bond acceptors (Lipinski definition) is 6. The van der Waals surface area contributed by atoms with Crippen LogP contribution < -0.4 is 5.32 Å². The lowest BCUT2D eigenvalue weighted by Gasteiger charge is -2.34. The number of aryl methyl sites for hydroxylation is 1. The van der Waals surface area contributed by atoms with E-state index < -0.39 is 5.97 Å². The van der Waals surface area contributed by atoms with Crippen LogP contribution in [0, 0.1) is 6.92 Å². The first kappa shape index (κ1) is 19.5. The fourth-order valence-electron chi connectivity index (χ4n) is 3.19. The van der Waals surface area contributed by atoms with Crippen LogP contribution in [0.2, 0.25) is 0 Å². The second kappa shape index (κ2) is 9.12. The third-order valence-electron chi connectivity index (χ3n) is 4.59. The molecule has 1 aromatic carbocycles. The normalized spacial score (nSPS) is 15.5. The number of benzene rings is 1. The van der Waals surface area contributed by atoms with Crippen molar-refractivity contribution in [3.05, 3.63) is 52.4 Å². The molecule has 3 rings (SSSR count). The van der Waals surface area contributed by atoms with Crippen LogP contribution in [0.1, 0.15) is 20.8 Å². The van der Waals surface area contributed by atoms with Crippen LogP contribution in [-0.4, -0.2) is 61.5 Å². The number of esters is 1. The van der Waals surface area contributed by atoms with Gasteiger partial charge in [-0.25, -0.2) is 4.79 Å². The number of thiophene rings is 1. The first-order valence-electron chi connectivity index (χ1n) is 9.02. The van der Waals surface area contributed by atoms with Crippen LogP contribution in [0.3, 0.4) is 0 Å². The van der Waals surface area contributed by atoms with E-state index in [0.29, 0.717) is 17.1 Å². The summed E-state index contributed by atoms with van der Waals surface area (Å²) in [4.78, 5) is 29.7. The van der Waals surface area contributed by atoms with E-state index in [2.05, 4.69) is 39.4 Å². The summed E-state index contributed by atoms with van der Waals surface area (Å²) in [5, 5.41) is 3.43. The van der Waals surface area contributed by atoms with Gasteiger partial charge in [-0.05, 0) is 18.6 Å². The van der Waals surface area contributed by atoms with Gasteiger partial charge in [-0.15, -0.1) is 11.3 Å². The predicted molar refractivity (Wildman–Crippen MR) is 107 cm³/mol. The Balaban J connectivity index is 1.48. The van der Waals surface area contributed by atoms with Gasteiger partial charge < -0.3 is 10.1 Å². The SMILES string of the molecule is COC(=O)c1cc(C)sc1NC(=O)CN1CCN(Cc2ccccc2)CC1. The van der Waals surface area contributed by atoms with E-state index in [9.17, 15) is 9.59 Å². The number of carbonyl (C=O) groups excluding carboxylic acids is 2. The molecule has 144 valence electrons. The number of rotatable bonds is 6. The molecule has 0 atom stereocenters. The third kappa shape index (κ3) is 5.38. The Hall–Kier alpha value is -2.22. The summed E-state index contributed by atoms with van der Waals surface area (Å²) in [6, 6.07) is 12.2. The van der Waals surface area contributed by atoms with Crippen molar-refractivity contribution in [1.82, 2.24) is 9.80 Å². The van der Waals surface area contributed by atoms with Gasteiger partial charge in [0, 0.05) is 37.6 Å². The zero-order valence-electron chi connectivity index (χ0n) is 15.7. The second-order valence-electron chi connectivity index (χ2n) is 6.68. The number of methoxy groups -OCH3 is 1. The maximum absolute atomic E-state index is 12.4. The molecule has 1 N–H and O–H groups in total. The van der Waals surface area contributed by atoms with Gasteiger partial charge in [0.1, 0.15) is 5.00 Å². The summed E-state index contributed by atoms with van der Waals surface area (Å²) in [6.07, 6.45) is 0. The number of nitrogens with zero attached hydrogens (tertiary/aromatic N) is 2. The monoisotopic (exact) mass is 387 g/mol. The zero-order chi connectivity index (χ0) is 19.2. The molecule has 1 aliphatic heterocycles. The molecule has 0 radical (unpaired) electrons. The second-order valence-corrected chi connectivity index (χ2v) is 7.93. The van der Waals surface area contributed by atoms with Crippen LogP contribution in [-0.2, 0) is 16.1 Å². The summed E-state index contributed by atoms with van der Waals surface area (Å²) in [5.74, 6) is -0.525. The molecule has 1 saturated heterocycles. The van der Waals surface area contributed by atoms with E-state index >= 15 is 0 Å². The van der Waals surface area contributed by atoms with Gasteiger partial charge in [0.15, 0.2) is 0 Å². The third-order valence-corrected chi connectivity index (χ3v) is 5.56. The molecule has 1 fully saturated rings. The fourth-order valence-corrected chi connectivity index (χ4v) is 4.10. The lowest BCUT2D eigenvalue weighted by molar-refractivity contribution is -0.117. The molecule has 1 aromatic heterocycles. The van der Waals surface area contributed by atoms with Gasteiger partial charge in [0.25, 0.3) is 0 Å². The Labute approximate surface area is 163 Å². The van der Waals surface area contributed by atoms with Crippen molar-refractivity contribution in [2.45, 2.75) is 13.5 Å². The Bertz CT molecular complexity index is 783. The number of ether oxygens (including phenoxy) is 1. The number of piperazine rings is 1. The summed E-state index contributed by atoms with van der Waals surface area (Å²) >= 11 is 1.39. The Morgan fingerprint density at radius 2 is 1.78 bits per heavy atom. The van der Waals surface area contributed by atoms with Crippen LogP contribution in [0.4, 0.5) is 5.00 Å². The van der Waals surface area contributed by atoms with Crippen molar-refractivity contribution >= 4 is 28.2 Å². The van der Waals surface area contributed by atoms with Gasteiger partial charge >= 0.3 is 5.97 Å². The highest BCUT2D eigenvalue weighted by Crippen LogP contribution is 2.28. The molecule has 2 aromatic rings. The van der Waals surface area contributed by atoms with E-state index in [1.807, 2.05) is 13.0 Å². The topological polar surface area (TPSA) is 61.9 Å². The molecular weight excluding hydrogens is 362 g/mol. The van der Waals surface area contributed by atoms with Crippen molar-refractivity contribution < 1.29 is 14.3 Å². The van der Waals surface area contributed by atoms with Crippen molar-refractivity contribution in [1.29, 1.82) is 0 Å².